The summed E-state index contributed by atoms with van der Waals surface area (Å²) in [5.74, 6) is 0.213. The number of anilines is 1. The van der Waals surface area contributed by atoms with E-state index >= 15 is 0 Å². The first-order valence-corrected chi connectivity index (χ1v) is 7.39. The van der Waals surface area contributed by atoms with Crippen molar-refractivity contribution in [3.63, 3.8) is 0 Å². The maximum atomic E-state index is 13.9. The molecule has 2 heterocycles. The number of alkyl halides is 6. The molecule has 2 fully saturated rings. The van der Waals surface area contributed by atoms with E-state index in [4.69, 9.17) is 4.74 Å². The van der Waals surface area contributed by atoms with Crippen LogP contribution in [0.2, 0.25) is 0 Å². The van der Waals surface area contributed by atoms with Crippen molar-refractivity contribution in [2.45, 2.75) is 30.7 Å². The average molecular weight is 399 g/mol. The van der Waals surface area contributed by atoms with Crippen molar-refractivity contribution in [1.82, 2.24) is 10.6 Å². The van der Waals surface area contributed by atoms with Crippen molar-refractivity contribution >= 4 is 17.8 Å². The molecule has 0 spiro atoms. The highest BCUT2D eigenvalue weighted by Gasteiger charge is 2.90. The van der Waals surface area contributed by atoms with Gasteiger partial charge in [-0.3, -0.25) is 5.32 Å². The summed E-state index contributed by atoms with van der Waals surface area (Å²) in [7, 11) is 0. The zero-order valence-electron chi connectivity index (χ0n) is 13.4. The lowest BCUT2D eigenvalue weighted by Gasteiger charge is -2.40. The first-order chi connectivity index (χ1) is 12.4. The molecule has 2 saturated heterocycles. The van der Waals surface area contributed by atoms with Crippen LogP contribution in [0.15, 0.2) is 24.3 Å². The molecule has 0 radical (unpaired) electrons. The summed E-state index contributed by atoms with van der Waals surface area (Å²) >= 11 is 0. The number of nitrogens with zero attached hydrogens (tertiary/aromatic N) is 1. The third-order valence-corrected chi connectivity index (χ3v) is 4.07. The molecule has 27 heavy (non-hydrogen) atoms. The van der Waals surface area contributed by atoms with Crippen molar-refractivity contribution in [3.8, 4) is 5.75 Å². The van der Waals surface area contributed by atoms with E-state index in [2.05, 4.69) is 4.74 Å². The zero-order valence-corrected chi connectivity index (χ0v) is 13.4. The Labute approximate surface area is 147 Å². The minimum absolute atomic E-state index is 0.213. The maximum absolute atomic E-state index is 13.9. The van der Waals surface area contributed by atoms with E-state index < -0.39 is 41.6 Å². The van der Waals surface area contributed by atoms with Gasteiger partial charge in [0.15, 0.2) is 0 Å². The van der Waals surface area contributed by atoms with E-state index in [1.54, 1.807) is 6.92 Å². The second kappa shape index (κ2) is 5.57. The van der Waals surface area contributed by atoms with Crippen LogP contribution in [0.1, 0.15) is 6.92 Å². The standard InChI is InChI=1S/C14H11F6N3O4/c1-2-26-8-5-3-7(4-6-8)23-9(24)21-11(13(15,16)17)12(23,14(18,19)20)27-10(25)22-11/h3-6H,2H2,1H3,(H,21,24)(H,22,25). The van der Waals surface area contributed by atoms with Crippen LogP contribution in [0.5, 0.6) is 5.75 Å². The van der Waals surface area contributed by atoms with Crippen molar-refractivity contribution in [2.24, 2.45) is 0 Å². The summed E-state index contributed by atoms with van der Waals surface area (Å²) in [5, 5.41) is 2.26. The number of urea groups is 1. The number of benzene rings is 1. The van der Waals surface area contributed by atoms with E-state index in [0.717, 1.165) is 29.6 Å². The monoisotopic (exact) mass is 399 g/mol. The molecule has 2 aliphatic rings. The normalized spacial score (nSPS) is 27.7. The van der Waals surface area contributed by atoms with Gasteiger partial charge < -0.3 is 14.8 Å². The fourth-order valence-corrected chi connectivity index (χ4v) is 3.05. The molecule has 0 aromatic heterocycles. The number of halogens is 6. The quantitative estimate of drug-likeness (QED) is 0.767. The lowest BCUT2D eigenvalue weighted by Crippen LogP contribution is -2.76. The Morgan fingerprint density at radius 2 is 1.63 bits per heavy atom. The second-order valence-electron chi connectivity index (χ2n) is 5.60. The molecule has 1 aromatic rings. The third-order valence-electron chi connectivity index (χ3n) is 4.07. The first kappa shape index (κ1) is 18.9. The third kappa shape index (κ3) is 2.36. The molecule has 0 bridgehead atoms. The molecule has 2 atom stereocenters. The summed E-state index contributed by atoms with van der Waals surface area (Å²) in [6.07, 6.45) is -13.5. The molecule has 7 nitrogen and oxygen atoms in total. The van der Waals surface area contributed by atoms with Gasteiger partial charge in [-0.25, -0.2) is 14.5 Å². The summed E-state index contributed by atoms with van der Waals surface area (Å²) in [6, 6.07) is 2.45. The van der Waals surface area contributed by atoms with Crippen molar-refractivity contribution < 1.29 is 45.4 Å². The van der Waals surface area contributed by atoms with E-state index in [1.807, 2.05) is 0 Å². The summed E-state index contributed by atoms with van der Waals surface area (Å²) in [6.45, 7) is 1.87. The van der Waals surface area contributed by atoms with Gasteiger partial charge in [0, 0.05) is 0 Å². The van der Waals surface area contributed by atoms with E-state index in [0.29, 0.717) is 0 Å². The lowest BCUT2D eigenvalue weighted by molar-refractivity contribution is -0.310. The molecule has 2 aliphatic heterocycles. The number of amides is 3. The fourth-order valence-electron chi connectivity index (χ4n) is 3.05. The number of hydrogen-bond donors (Lipinski definition) is 2. The number of ether oxygens (including phenoxy) is 2. The van der Waals surface area contributed by atoms with Gasteiger partial charge in [-0.1, -0.05) is 0 Å². The lowest BCUT2D eigenvalue weighted by atomic mass is 9.95. The number of rotatable bonds is 3. The summed E-state index contributed by atoms with van der Waals surface area (Å²) in [4.78, 5) is 23.3. The summed E-state index contributed by atoms with van der Waals surface area (Å²) in [5.41, 5.74) is -9.18. The zero-order chi connectivity index (χ0) is 20.3. The van der Waals surface area contributed by atoms with Gasteiger partial charge in [-0.15, -0.1) is 0 Å². The van der Waals surface area contributed by atoms with E-state index in [9.17, 15) is 35.9 Å². The summed E-state index contributed by atoms with van der Waals surface area (Å²) < 4.78 is 91.7. The van der Waals surface area contributed by atoms with Crippen LogP contribution in [0.3, 0.4) is 0 Å². The molecular weight excluding hydrogens is 388 g/mol. The molecule has 3 rings (SSSR count). The highest BCUT2D eigenvalue weighted by atomic mass is 19.4. The van der Waals surface area contributed by atoms with Crippen LogP contribution >= 0.6 is 0 Å². The molecule has 2 N–H and O–H groups in total. The number of carbonyl (C=O) groups is 2. The van der Waals surface area contributed by atoms with Gasteiger partial charge in [-0.05, 0) is 31.2 Å². The smallest absolute Gasteiger partial charge is 0.454 e. The number of carbonyl (C=O) groups excluding carboxylic acids is 2. The van der Waals surface area contributed by atoms with Crippen LogP contribution in [-0.2, 0) is 4.74 Å². The molecule has 0 aliphatic carbocycles. The fraction of sp³-hybridized carbons (Fsp3) is 0.429. The predicted molar refractivity (Wildman–Crippen MR) is 75.8 cm³/mol. The van der Waals surface area contributed by atoms with Gasteiger partial charge >= 0.3 is 30.2 Å². The minimum atomic E-state index is -5.81. The largest absolute Gasteiger partial charge is 0.494 e. The number of alkyl carbamates (subject to hydrolysis) is 1. The molecule has 148 valence electrons. The topological polar surface area (TPSA) is 79.9 Å². The number of nitrogens with one attached hydrogen (secondary N) is 2. The van der Waals surface area contributed by atoms with E-state index in [1.165, 1.54) is 5.32 Å². The van der Waals surface area contributed by atoms with Crippen LogP contribution < -0.4 is 20.3 Å². The highest BCUT2D eigenvalue weighted by Crippen LogP contribution is 2.56. The molecule has 0 saturated carbocycles. The maximum Gasteiger partial charge on any atom is 0.454 e. The average Bonchev–Trinajstić information content (AvgIpc) is 2.96. The van der Waals surface area contributed by atoms with Crippen LogP contribution in [0.25, 0.3) is 0 Å². The Balaban J connectivity index is 2.22. The van der Waals surface area contributed by atoms with Gasteiger partial charge in [0.05, 0.1) is 12.3 Å². The Morgan fingerprint density at radius 3 is 2.11 bits per heavy atom. The van der Waals surface area contributed by atoms with E-state index in [-0.39, 0.29) is 17.3 Å². The van der Waals surface area contributed by atoms with Crippen LogP contribution in [0.4, 0.5) is 41.6 Å². The minimum Gasteiger partial charge on any atom is -0.494 e. The Bertz CT molecular complexity index is 781. The Hall–Kier alpha value is -2.86. The molecule has 3 amide bonds. The molecular formula is C14H11F6N3O4. The Kier molecular flexibility index (Phi) is 3.90. The van der Waals surface area contributed by atoms with Crippen LogP contribution in [-0.4, -0.2) is 42.5 Å². The number of hydrogen-bond acceptors (Lipinski definition) is 4. The molecule has 1 aromatic carbocycles. The molecule has 2 unspecified atom stereocenters. The SMILES string of the molecule is CCOc1ccc(N2C(=O)NC3(C(F)(F)F)NC(=O)OC23C(F)(F)F)cc1. The van der Waals surface area contributed by atoms with Crippen molar-refractivity contribution in [2.75, 3.05) is 11.5 Å². The van der Waals surface area contributed by atoms with Crippen molar-refractivity contribution in [3.05, 3.63) is 24.3 Å². The number of fused-ring (bicyclic) bond motifs is 1. The first-order valence-electron chi connectivity index (χ1n) is 7.39. The van der Waals surface area contributed by atoms with Gasteiger partial charge in [0.25, 0.3) is 5.66 Å². The van der Waals surface area contributed by atoms with Gasteiger partial charge in [0.2, 0.25) is 0 Å². The van der Waals surface area contributed by atoms with Gasteiger partial charge in [0.1, 0.15) is 5.75 Å². The highest BCUT2D eigenvalue weighted by molar-refractivity contribution is 6.00. The Morgan fingerprint density at radius 1 is 1.04 bits per heavy atom. The predicted octanol–water partition coefficient (Wildman–Crippen LogP) is 2.87. The molecule has 13 heteroatoms. The van der Waals surface area contributed by atoms with Gasteiger partial charge in [-0.2, -0.15) is 26.3 Å². The van der Waals surface area contributed by atoms with Crippen LogP contribution in [0, 0.1) is 0 Å². The van der Waals surface area contributed by atoms with Crippen molar-refractivity contribution in [1.29, 1.82) is 0 Å². The second-order valence-corrected chi connectivity index (χ2v) is 5.60.